The number of rotatable bonds is 0. The van der Waals surface area contributed by atoms with Crippen molar-refractivity contribution in [1.29, 1.82) is 0 Å². The molecule has 1 rings (SSSR count). The average Bonchev–Trinajstić information content (AvgIpc) is 1.92. The van der Waals surface area contributed by atoms with Crippen molar-refractivity contribution in [3.63, 3.8) is 0 Å². The van der Waals surface area contributed by atoms with E-state index in [-0.39, 0.29) is 0 Å². The molecule has 54 valence electrons. The molecule has 0 spiro atoms. The van der Waals surface area contributed by atoms with Gasteiger partial charge in [0, 0.05) is 0 Å². The molecule has 0 bridgehead atoms. The van der Waals surface area contributed by atoms with Gasteiger partial charge in [-0.2, -0.15) is 0 Å². The minimum atomic E-state index is -1.31. The van der Waals surface area contributed by atoms with Crippen LogP contribution in [0.25, 0.3) is 0 Å². The third-order valence-corrected chi connectivity index (χ3v) is 12.2. The summed E-state index contributed by atoms with van der Waals surface area (Å²) in [5, 5.41) is 0. The van der Waals surface area contributed by atoms with Crippen LogP contribution in [0.4, 0.5) is 0 Å². The average molecular weight is 233 g/mol. The fourth-order valence-corrected chi connectivity index (χ4v) is 9.29. The molecule has 1 aliphatic heterocycles. The SMILES string of the molecule is [CH3][Sn]1([CH3])[CH2]CCCC[CH2]1. The van der Waals surface area contributed by atoms with Gasteiger partial charge in [-0.05, 0) is 0 Å². The van der Waals surface area contributed by atoms with Crippen molar-refractivity contribution in [3.05, 3.63) is 0 Å². The van der Waals surface area contributed by atoms with Crippen molar-refractivity contribution in [2.75, 3.05) is 0 Å². The van der Waals surface area contributed by atoms with Crippen molar-refractivity contribution < 1.29 is 0 Å². The van der Waals surface area contributed by atoms with E-state index >= 15 is 0 Å². The third-order valence-electron chi connectivity index (χ3n) is 2.46. The van der Waals surface area contributed by atoms with Gasteiger partial charge in [0.1, 0.15) is 0 Å². The topological polar surface area (TPSA) is 0 Å². The summed E-state index contributed by atoms with van der Waals surface area (Å²) in [5.74, 6) is 0. The van der Waals surface area contributed by atoms with Gasteiger partial charge in [0.25, 0.3) is 0 Å². The van der Waals surface area contributed by atoms with Gasteiger partial charge in [-0.15, -0.1) is 0 Å². The van der Waals surface area contributed by atoms with E-state index in [9.17, 15) is 0 Å². The second-order valence-corrected chi connectivity index (χ2v) is 19.3. The Kier molecular flexibility index (Phi) is 2.87. The predicted molar refractivity (Wildman–Crippen MR) is 45.6 cm³/mol. The van der Waals surface area contributed by atoms with Gasteiger partial charge in [0.15, 0.2) is 0 Å². The van der Waals surface area contributed by atoms with Gasteiger partial charge < -0.3 is 0 Å². The summed E-state index contributed by atoms with van der Waals surface area (Å²) >= 11 is -1.31. The van der Waals surface area contributed by atoms with Crippen LogP contribution in [0.1, 0.15) is 25.7 Å². The minimum absolute atomic E-state index is 1.31. The Morgan fingerprint density at radius 1 is 0.778 bits per heavy atom. The number of hydrogen-bond donors (Lipinski definition) is 0. The summed E-state index contributed by atoms with van der Waals surface area (Å²) in [4.78, 5) is 5.22. The second-order valence-electron chi connectivity index (χ2n) is 4.08. The van der Waals surface area contributed by atoms with Crippen molar-refractivity contribution in [2.24, 2.45) is 0 Å². The summed E-state index contributed by atoms with van der Waals surface area (Å²) < 4.78 is 3.32. The fraction of sp³-hybridized carbons (Fsp3) is 1.00. The zero-order valence-corrected chi connectivity index (χ0v) is 9.60. The Balaban J connectivity index is 2.36. The molecule has 0 aromatic carbocycles. The van der Waals surface area contributed by atoms with Crippen LogP contribution in [0.15, 0.2) is 0 Å². The summed E-state index contributed by atoms with van der Waals surface area (Å²) in [7, 11) is 0. The predicted octanol–water partition coefficient (Wildman–Crippen LogP) is 3.27. The van der Waals surface area contributed by atoms with E-state index in [1.165, 1.54) is 12.8 Å². The molecule has 0 unspecified atom stereocenters. The van der Waals surface area contributed by atoms with Gasteiger partial charge in [-0.25, -0.2) is 0 Å². The molecule has 0 radical (unpaired) electrons. The summed E-state index contributed by atoms with van der Waals surface area (Å²) in [6.07, 6.45) is 6.17. The molecule has 1 fully saturated rings. The maximum absolute atomic E-state index is 2.61. The molecule has 0 nitrogen and oxygen atoms in total. The molecular formula is C8H18Sn. The van der Waals surface area contributed by atoms with E-state index in [2.05, 4.69) is 9.88 Å². The molecule has 0 amide bonds. The second kappa shape index (κ2) is 3.27. The van der Waals surface area contributed by atoms with Crippen LogP contribution in [-0.2, 0) is 0 Å². The zero-order valence-electron chi connectivity index (χ0n) is 6.74. The summed E-state index contributed by atoms with van der Waals surface area (Å²) in [5.41, 5.74) is 0. The van der Waals surface area contributed by atoms with Crippen molar-refractivity contribution in [3.8, 4) is 0 Å². The number of hydrogen-bond acceptors (Lipinski definition) is 0. The molecule has 1 saturated heterocycles. The Labute approximate surface area is 62.9 Å². The van der Waals surface area contributed by atoms with Crippen LogP contribution in [0.5, 0.6) is 0 Å². The Hall–Kier alpha value is 0.799. The van der Waals surface area contributed by atoms with Gasteiger partial charge in [-0.3, -0.25) is 0 Å². The monoisotopic (exact) mass is 234 g/mol. The molecular weight excluding hydrogens is 215 g/mol. The normalized spacial score (nSPS) is 27.3. The Morgan fingerprint density at radius 2 is 1.22 bits per heavy atom. The van der Waals surface area contributed by atoms with Gasteiger partial charge in [-0.1, -0.05) is 0 Å². The van der Waals surface area contributed by atoms with Crippen LogP contribution in [0.3, 0.4) is 0 Å². The molecule has 0 saturated carbocycles. The molecule has 1 heterocycles. The van der Waals surface area contributed by atoms with Crippen LogP contribution in [-0.4, -0.2) is 18.4 Å². The molecule has 9 heavy (non-hydrogen) atoms. The molecule has 0 aromatic heterocycles. The van der Waals surface area contributed by atoms with Crippen molar-refractivity contribution in [1.82, 2.24) is 0 Å². The van der Waals surface area contributed by atoms with E-state index < -0.39 is 18.4 Å². The quantitative estimate of drug-likeness (QED) is 0.563. The Morgan fingerprint density at radius 3 is 1.67 bits per heavy atom. The molecule has 1 aliphatic rings. The van der Waals surface area contributed by atoms with Crippen LogP contribution < -0.4 is 0 Å². The maximum atomic E-state index is 2.61. The van der Waals surface area contributed by atoms with Crippen molar-refractivity contribution in [2.45, 2.75) is 44.4 Å². The van der Waals surface area contributed by atoms with E-state index in [0.717, 1.165) is 0 Å². The third kappa shape index (κ3) is 2.92. The molecule has 0 atom stereocenters. The molecule has 0 aliphatic carbocycles. The zero-order chi connectivity index (χ0) is 6.74. The van der Waals surface area contributed by atoms with E-state index in [0.29, 0.717) is 0 Å². The van der Waals surface area contributed by atoms with Crippen LogP contribution in [0.2, 0.25) is 18.8 Å². The first-order valence-corrected chi connectivity index (χ1v) is 14.0. The molecule has 1 heteroatoms. The summed E-state index contributed by atoms with van der Waals surface area (Å²) in [6, 6.07) is 0. The van der Waals surface area contributed by atoms with E-state index in [4.69, 9.17) is 0 Å². The van der Waals surface area contributed by atoms with Gasteiger partial charge >= 0.3 is 62.8 Å². The van der Waals surface area contributed by atoms with E-state index in [1.807, 2.05) is 0 Å². The van der Waals surface area contributed by atoms with Crippen molar-refractivity contribution >= 4 is 18.4 Å². The first-order chi connectivity index (χ1) is 4.21. The Bertz CT molecular complexity index is 76.6. The van der Waals surface area contributed by atoms with Crippen LogP contribution in [0, 0.1) is 0 Å². The molecule has 0 N–H and O–H groups in total. The fourth-order valence-electron chi connectivity index (χ4n) is 1.69. The first-order valence-electron chi connectivity index (χ1n) is 4.21. The summed E-state index contributed by atoms with van der Waals surface area (Å²) in [6.45, 7) is 0. The first kappa shape index (κ1) is 7.90. The van der Waals surface area contributed by atoms with Crippen LogP contribution >= 0.6 is 0 Å². The van der Waals surface area contributed by atoms with Gasteiger partial charge in [0.05, 0.1) is 0 Å². The molecule has 0 aromatic rings. The van der Waals surface area contributed by atoms with E-state index in [1.54, 1.807) is 21.7 Å². The van der Waals surface area contributed by atoms with Gasteiger partial charge in [0.2, 0.25) is 0 Å². The standard InChI is InChI=1S/C6H12.2CH3.Sn/c1-3-5-6-4-2;;;/h1-6H2;2*1H3;.